The standard InChI is InChI=1S/C19H23N5O2/c1-13(24-10-3-2-7-18(24)25)12-21-17-9-8-16(22-23-17)14-5-4-6-15(11-14)19(20)26/h4-6,8-9,11,13H,2-3,7,10,12H2,1H3,(H2,20,26)(H,21,23). The molecule has 1 aromatic carbocycles. The number of anilines is 1. The summed E-state index contributed by atoms with van der Waals surface area (Å²) in [5.74, 6) is 0.400. The Balaban J connectivity index is 1.62. The first kappa shape index (κ1) is 17.8. The van der Waals surface area contributed by atoms with Crippen molar-refractivity contribution in [1.82, 2.24) is 15.1 Å². The van der Waals surface area contributed by atoms with Gasteiger partial charge < -0.3 is 16.0 Å². The zero-order valence-electron chi connectivity index (χ0n) is 14.8. The number of hydrogen-bond acceptors (Lipinski definition) is 5. The Kier molecular flexibility index (Phi) is 5.46. The summed E-state index contributed by atoms with van der Waals surface area (Å²) in [7, 11) is 0. The third-order valence-corrected chi connectivity index (χ3v) is 4.58. The van der Waals surface area contributed by atoms with E-state index in [0.29, 0.717) is 30.0 Å². The zero-order valence-corrected chi connectivity index (χ0v) is 14.8. The van der Waals surface area contributed by atoms with Crippen LogP contribution < -0.4 is 11.1 Å². The Morgan fingerprint density at radius 1 is 1.27 bits per heavy atom. The van der Waals surface area contributed by atoms with E-state index in [1.165, 1.54) is 0 Å². The molecule has 0 bridgehead atoms. The molecule has 1 atom stereocenters. The topological polar surface area (TPSA) is 101 Å². The third kappa shape index (κ3) is 4.17. The fourth-order valence-electron chi connectivity index (χ4n) is 3.07. The van der Waals surface area contributed by atoms with Crippen molar-refractivity contribution in [1.29, 1.82) is 0 Å². The number of likely N-dealkylation sites (tertiary alicyclic amines) is 1. The van der Waals surface area contributed by atoms with Gasteiger partial charge in [0.2, 0.25) is 11.8 Å². The van der Waals surface area contributed by atoms with Gasteiger partial charge in [0.25, 0.3) is 0 Å². The van der Waals surface area contributed by atoms with Gasteiger partial charge in [-0.25, -0.2) is 0 Å². The van der Waals surface area contributed by atoms with Gasteiger partial charge in [-0.1, -0.05) is 12.1 Å². The molecule has 3 N–H and O–H groups in total. The molecule has 0 saturated carbocycles. The molecular formula is C19H23N5O2. The Labute approximate surface area is 152 Å². The second-order valence-electron chi connectivity index (χ2n) is 6.52. The fourth-order valence-corrected chi connectivity index (χ4v) is 3.07. The normalized spacial score (nSPS) is 15.6. The first-order chi connectivity index (χ1) is 12.5. The highest BCUT2D eigenvalue weighted by Gasteiger charge is 2.22. The lowest BCUT2D eigenvalue weighted by Crippen LogP contribution is -2.44. The van der Waals surface area contributed by atoms with Crippen LogP contribution in [0.5, 0.6) is 0 Å². The second-order valence-corrected chi connectivity index (χ2v) is 6.52. The molecule has 1 fully saturated rings. The molecule has 2 heterocycles. The van der Waals surface area contributed by atoms with Crippen LogP contribution in [-0.2, 0) is 4.79 Å². The molecule has 1 unspecified atom stereocenters. The minimum absolute atomic E-state index is 0.108. The van der Waals surface area contributed by atoms with Gasteiger partial charge in [0.1, 0.15) is 5.82 Å². The number of nitrogens with zero attached hydrogens (tertiary/aromatic N) is 3. The summed E-state index contributed by atoms with van der Waals surface area (Å²) in [5.41, 5.74) is 7.20. The summed E-state index contributed by atoms with van der Waals surface area (Å²) in [6, 6.07) is 10.8. The van der Waals surface area contributed by atoms with Crippen LogP contribution in [0.2, 0.25) is 0 Å². The van der Waals surface area contributed by atoms with Gasteiger partial charge >= 0.3 is 0 Å². The van der Waals surface area contributed by atoms with Crippen LogP contribution in [0.1, 0.15) is 36.5 Å². The van der Waals surface area contributed by atoms with Gasteiger partial charge in [0.05, 0.1) is 5.69 Å². The number of benzene rings is 1. The van der Waals surface area contributed by atoms with Crippen LogP contribution >= 0.6 is 0 Å². The highest BCUT2D eigenvalue weighted by atomic mass is 16.2. The average molecular weight is 353 g/mol. The van der Waals surface area contributed by atoms with Crippen LogP contribution in [0.3, 0.4) is 0 Å². The summed E-state index contributed by atoms with van der Waals surface area (Å²) < 4.78 is 0. The lowest BCUT2D eigenvalue weighted by atomic mass is 10.1. The molecule has 3 rings (SSSR count). The van der Waals surface area contributed by atoms with Crippen LogP contribution in [-0.4, -0.2) is 46.0 Å². The molecule has 136 valence electrons. The lowest BCUT2D eigenvalue weighted by molar-refractivity contribution is -0.135. The van der Waals surface area contributed by atoms with Crippen molar-refractivity contribution in [2.45, 2.75) is 32.2 Å². The van der Waals surface area contributed by atoms with Gasteiger partial charge in [0, 0.05) is 36.7 Å². The van der Waals surface area contributed by atoms with Crippen LogP contribution in [0.25, 0.3) is 11.3 Å². The van der Waals surface area contributed by atoms with Gasteiger partial charge in [-0.15, -0.1) is 10.2 Å². The van der Waals surface area contributed by atoms with E-state index in [4.69, 9.17) is 5.73 Å². The molecule has 2 amide bonds. The fraction of sp³-hybridized carbons (Fsp3) is 0.368. The second kappa shape index (κ2) is 7.95. The summed E-state index contributed by atoms with van der Waals surface area (Å²) >= 11 is 0. The minimum atomic E-state index is -0.473. The average Bonchev–Trinajstić information content (AvgIpc) is 2.67. The van der Waals surface area contributed by atoms with E-state index in [1.54, 1.807) is 18.2 Å². The molecule has 1 saturated heterocycles. The Morgan fingerprint density at radius 3 is 2.81 bits per heavy atom. The molecule has 1 aromatic heterocycles. The lowest BCUT2D eigenvalue weighted by Gasteiger charge is -2.32. The largest absolute Gasteiger partial charge is 0.367 e. The number of carbonyl (C=O) groups is 2. The number of rotatable bonds is 6. The molecular weight excluding hydrogens is 330 g/mol. The molecule has 0 aliphatic carbocycles. The smallest absolute Gasteiger partial charge is 0.248 e. The van der Waals surface area contributed by atoms with Gasteiger partial charge in [-0.3, -0.25) is 9.59 Å². The Morgan fingerprint density at radius 2 is 2.12 bits per heavy atom. The number of piperidine rings is 1. The molecule has 1 aliphatic heterocycles. The van der Waals surface area contributed by atoms with Gasteiger partial charge in [-0.2, -0.15) is 0 Å². The minimum Gasteiger partial charge on any atom is -0.367 e. The monoisotopic (exact) mass is 353 g/mol. The third-order valence-electron chi connectivity index (χ3n) is 4.58. The van der Waals surface area contributed by atoms with Gasteiger partial charge in [-0.05, 0) is 44.0 Å². The van der Waals surface area contributed by atoms with Crippen molar-refractivity contribution in [3.05, 3.63) is 42.0 Å². The first-order valence-electron chi connectivity index (χ1n) is 8.82. The highest BCUT2D eigenvalue weighted by Crippen LogP contribution is 2.19. The number of carbonyl (C=O) groups excluding carboxylic acids is 2. The van der Waals surface area contributed by atoms with E-state index in [1.807, 2.05) is 30.0 Å². The van der Waals surface area contributed by atoms with E-state index >= 15 is 0 Å². The molecule has 0 spiro atoms. The maximum atomic E-state index is 12.0. The van der Waals surface area contributed by atoms with Crippen LogP contribution in [0.4, 0.5) is 5.82 Å². The van der Waals surface area contributed by atoms with Crippen molar-refractivity contribution >= 4 is 17.6 Å². The predicted octanol–water partition coefficient (Wildman–Crippen LogP) is 2.06. The number of aromatic nitrogens is 2. The van der Waals surface area contributed by atoms with E-state index < -0.39 is 5.91 Å². The van der Waals surface area contributed by atoms with E-state index in [2.05, 4.69) is 15.5 Å². The maximum absolute atomic E-state index is 12.0. The van der Waals surface area contributed by atoms with E-state index in [9.17, 15) is 9.59 Å². The SMILES string of the molecule is CC(CNc1ccc(-c2cccc(C(N)=O)c2)nn1)N1CCCCC1=O. The van der Waals surface area contributed by atoms with Crippen molar-refractivity contribution in [3.63, 3.8) is 0 Å². The Bertz CT molecular complexity index is 791. The molecule has 7 nitrogen and oxygen atoms in total. The molecule has 7 heteroatoms. The maximum Gasteiger partial charge on any atom is 0.248 e. The molecule has 0 radical (unpaired) electrons. The number of nitrogens with one attached hydrogen (secondary N) is 1. The van der Waals surface area contributed by atoms with Crippen molar-refractivity contribution in [2.75, 3.05) is 18.4 Å². The quantitative estimate of drug-likeness (QED) is 0.828. The number of amides is 2. The van der Waals surface area contributed by atoms with Crippen LogP contribution in [0.15, 0.2) is 36.4 Å². The predicted molar refractivity (Wildman–Crippen MR) is 99.5 cm³/mol. The molecule has 26 heavy (non-hydrogen) atoms. The van der Waals surface area contributed by atoms with Crippen molar-refractivity contribution in [3.8, 4) is 11.3 Å². The highest BCUT2D eigenvalue weighted by molar-refractivity contribution is 5.94. The summed E-state index contributed by atoms with van der Waals surface area (Å²) in [6.45, 7) is 3.48. The van der Waals surface area contributed by atoms with E-state index in [0.717, 1.165) is 24.9 Å². The van der Waals surface area contributed by atoms with Gasteiger partial charge in [0.15, 0.2) is 0 Å². The van der Waals surface area contributed by atoms with E-state index in [-0.39, 0.29) is 11.9 Å². The molecule has 2 aromatic rings. The summed E-state index contributed by atoms with van der Waals surface area (Å²) in [6.07, 6.45) is 2.69. The summed E-state index contributed by atoms with van der Waals surface area (Å²) in [5, 5.41) is 11.6. The zero-order chi connectivity index (χ0) is 18.5. The Hall–Kier alpha value is -2.96. The number of primary amides is 1. The first-order valence-corrected chi connectivity index (χ1v) is 8.82. The number of hydrogen-bond donors (Lipinski definition) is 2. The van der Waals surface area contributed by atoms with Crippen molar-refractivity contribution < 1.29 is 9.59 Å². The van der Waals surface area contributed by atoms with Crippen molar-refractivity contribution in [2.24, 2.45) is 5.73 Å². The number of nitrogens with two attached hydrogens (primary N) is 1. The summed E-state index contributed by atoms with van der Waals surface area (Å²) in [4.78, 5) is 25.2. The van der Waals surface area contributed by atoms with Crippen LogP contribution in [0, 0.1) is 0 Å². The molecule has 1 aliphatic rings.